The maximum Gasteiger partial charge on any atom is 0.410 e. The Hall–Kier alpha value is -3.28. The van der Waals surface area contributed by atoms with Crippen LogP contribution in [-0.2, 0) is 22.7 Å². The van der Waals surface area contributed by atoms with E-state index < -0.39 is 11.6 Å². The van der Waals surface area contributed by atoms with E-state index in [4.69, 9.17) is 9.47 Å². The van der Waals surface area contributed by atoms with Crippen molar-refractivity contribution in [2.75, 3.05) is 13.1 Å². The van der Waals surface area contributed by atoms with Crippen molar-refractivity contribution in [3.05, 3.63) is 83.9 Å². The van der Waals surface area contributed by atoms with Gasteiger partial charge in [-0.25, -0.2) is 9.59 Å². The highest BCUT2D eigenvalue weighted by molar-refractivity contribution is 5.71. The maximum absolute atomic E-state index is 12.6. The molecule has 0 unspecified atom stereocenters. The SMILES string of the molecule is O=C(N[C@@]12C[C@@H]1C=CCN(C(=O)OCc1ccccc1)C2)OCc1ccccc1. The van der Waals surface area contributed by atoms with Gasteiger partial charge < -0.3 is 19.7 Å². The van der Waals surface area contributed by atoms with E-state index in [-0.39, 0.29) is 25.2 Å². The molecule has 0 bridgehead atoms. The molecule has 1 fully saturated rings. The maximum atomic E-state index is 12.6. The summed E-state index contributed by atoms with van der Waals surface area (Å²) >= 11 is 0. The zero-order chi connectivity index (χ0) is 20.1. The van der Waals surface area contributed by atoms with Crippen molar-refractivity contribution in [1.82, 2.24) is 10.2 Å². The molecular formula is C23H24N2O4. The van der Waals surface area contributed by atoms with Crippen LogP contribution in [0.5, 0.6) is 0 Å². The van der Waals surface area contributed by atoms with Gasteiger partial charge in [0.2, 0.25) is 0 Å². The zero-order valence-corrected chi connectivity index (χ0v) is 16.1. The molecule has 2 aliphatic rings. The van der Waals surface area contributed by atoms with E-state index in [0.717, 1.165) is 17.5 Å². The lowest BCUT2D eigenvalue weighted by Gasteiger charge is -2.26. The molecule has 29 heavy (non-hydrogen) atoms. The van der Waals surface area contributed by atoms with Crippen LogP contribution in [0.2, 0.25) is 0 Å². The Labute approximate surface area is 170 Å². The molecule has 2 aromatic carbocycles. The van der Waals surface area contributed by atoms with Gasteiger partial charge >= 0.3 is 12.2 Å². The molecule has 1 saturated carbocycles. The number of hydrogen-bond donors (Lipinski definition) is 1. The summed E-state index contributed by atoms with van der Waals surface area (Å²) in [4.78, 5) is 26.5. The molecule has 6 heteroatoms. The van der Waals surface area contributed by atoms with E-state index in [1.165, 1.54) is 0 Å². The van der Waals surface area contributed by atoms with Gasteiger partial charge in [-0.3, -0.25) is 0 Å². The van der Waals surface area contributed by atoms with Crippen LogP contribution in [-0.4, -0.2) is 35.7 Å². The Morgan fingerprint density at radius 2 is 1.59 bits per heavy atom. The highest BCUT2D eigenvalue weighted by atomic mass is 16.6. The van der Waals surface area contributed by atoms with E-state index in [1.807, 2.05) is 66.7 Å². The second-order valence-electron chi connectivity index (χ2n) is 7.50. The molecule has 1 aliphatic carbocycles. The van der Waals surface area contributed by atoms with Crippen LogP contribution in [0.4, 0.5) is 9.59 Å². The third kappa shape index (κ3) is 4.77. The molecule has 0 spiro atoms. The molecule has 4 rings (SSSR count). The summed E-state index contributed by atoms with van der Waals surface area (Å²) in [6, 6.07) is 19.1. The predicted octanol–water partition coefficient (Wildman–Crippen LogP) is 3.88. The topological polar surface area (TPSA) is 67.9 Å². The summed E-state index contributed by atoms with van der Waals surface area (Å²) in [5.74, 6) is 0.207. The van der Waals surface area contributed by atoms with Gasteiger partial charge in [-0.1, -0.05) is 72.8 Å². The average Bonchev–Trinajstić information content (AvgIpc) is 3.44. The molecule has 0 aromatic heterocycles. The number of amides is 2. The summed E-state index contributed by atoms with van der Waals surface area (Å²) in [6.45, 7) is 1.31. The average molecular weight is 392 g/mol. The standard InChI is InChI=1S/C23H24N2O4/c26-21(28-15-18-8-3-1-4-9-18)24-23-14-20(23)12-7-13-25(17-23)22(27)29-16-19-10-5-2-6-11-19/h1-12,20H,13-17H2,(H,24,26)/t20-,23+/m0/s1. The lowest BCUT2D eigenvalue weighted by atomic mass is 10.2. The van der Waals surface area contributed by atoms with Gasteiger partial charge in [0.15, 0.2) is 0 Å². The van der Waals surface area contributed by atoms with E-state index in [2.05, 4.69) is 11.4 Å². The van der Waals surface area contributed by atoms with Crippen molar-refractivity contribution >= 4 is 12.2 Å². The van der Waals surface area contributed by atoms with E-state index >= 15 is 0 Å². The smallest absolute Gasteiger partial charge is 0.410 e. The van der Waals surface area contributed by atoms with Crippen molar-refractivity contribution in [2.24, 2.45) is 5.92 Å². The van der Waals surface area contributed by atoms with Crippen molar-refractivity contribution in [1.29, 1.82) is 0 Å². The molecule has 1 aliphatic heterocycles. The van der Waals surface area contributed by atoms with Crippen molar-refractivity contribution in [3.8, 4) is 0 Å². The van der Waals surface area contributed by atoms with Crippen molar-refractivity contribution < 1.29 is 19.1 Å². The van der Waals surface area contributed by atoms with E-state index in [0.29, 0.717) is 13.1 Å². The van der Waals surface area contributed by atoms with Gasteiger partial charge in [-0.15, -0.1) is 0 Å². The second-order valence-corrected chi connectivity index (χ2v) is 7.50. The molecule has 2 amide bonds. The third-order valence-electron chi connectivity index (χ3n) is 5.33. The number of benzene rings is 2. The predicted molar refractivity (Wildman–Crippen MR) is 108 cm³/mol. The van der Waals surface area contributed by atoms with Crippen LogP contribution in [0.1, 0.15) is 17.5 Å². The largest absolute Gasteiger partial charge is 0.445 e. The van der Waals surface area contributed by atoms with Crippen LogP contribution in [0, 0.1) is 5.92 Å². The minimum Gasteiger partial charge on any atom is -0.445 e. The van der Waals surface area contributed by atoms with Gasteiger partial charge in [0.25, 0.3) is 0 Å². The van der Waals surface area contributed by atoms with Gasteiger partial charge in [-0.05, 0) is 17.5 Å². The number of carbonyl (C=O) groups is 2. The molecular weight excluding hydrogens is 368 g/mol. The Balaban J connectivity index is 1.31. The van der Waals surface area contributed by atoms with Crippen molar-refractivity contribution in [3.63, 3.8) is 0 Å². The highest BCUT2D eigenvalue weighted by Gasteiger charge is 2.56. The zero-order valence-electron chi connectivity index (χ0n) is 16.1. The third-order valence-corrected chi connectivity index (χ3v) is 5.33. The minimum absolute atomic E-state index is 0.207. The Kier molecular flexibility index (Phi) is 5.51. The molecule has 0 radical (unpaired) electrons. The molecule has 0 saturated heterocycles. The molecule has 2 atom stereocenters. The highest BCUT2D eigenvalue weighted by Crippen LogP contribution is 2.46. The summed E-state index contributed by atoms with van der Waals surface area (Å²) in [6.07, 6.45) is 3.95. The lowest BCUT2D eigenvalue weighted by Crippen LogP contribution is -2.48. The summed E-state index contributed by atoms with van der Waals surface area (Å²) < 4.78 is 10.8. The molecule has 6 nitrogen and oxygen atoms in total. The molecule has 1 N–H and O–H groups in total. The molecule has 2 aromatic rings. The first-order chi connectivity index (χ1) is 14.1. The van der Waals surface area contributed by atoms with Gasteiger partial charge in [0, 0.05) is 19.0 Å². The van der Waals surface area contributed by atoms with Crippen LogP contribution < -0.4 is 5.32 Å². The number of alkyl carbamates (subject to hydrolysis) is 1. The molecule has 150 valence electrons. The quantitative estimate of drug-likeness (QED) is 0.784. The summed E-state index contributed by atoms with van der Waals surface area (Å²) in [7, 11) is 0. The first-order valence-corrected chi connectivity index (χ1v) is 9.76. The lowest BCUT2D eigenvalue weighted by molar-refractivity contribution is 0.0924. The monoisotopic (exact) mass is 392 g/mol. The number of nitrogens with one attached hydrogen (secondary N) is 1. The van der Waals surface area contributed by atoms with Gasteiger partial charge in [0.05, 0.1) is 5.54 Å². The van der Waals surface area contributed by atoms with Gasteiger partial charge in [0.1, 0.15) is 13.2 Å². The van der Waals surface area contributed by atoms with Crippen LogP contribution in [0.3, 0.4) is 0 Å². The number of fused-ring (bicyclic) bond motifs is 1. The van der Waals surface area contributed by atoms with Crippen LogP contribution in [0.15, 0.2) is 72.8 Å². The fraction of sp³-hybridized carbons (Fsp3) is 0.304. The number of carbonyl (C=O) groups excluding carboxylic acids is 2. The van der Waals surface area contributed by atoms with Gasteiger partial charge in [-0.2, -0.15) is 0 Å². The van der Waals surface area contributed by atoms with Crippen LogP contribution >= 0.6 is 0 Å². The second kappa shape index (κ2) is 8.39. The van der Waals surface area contributed by atoms with E-state index in [9.17, 15) is 9.59 Å². The Morgan fingerprint density at radius 3 is 2.24 bits per heavy atom. The number of nitrogens with zero attached hydrogens (tertiary/aromatic N) is 1. The number of hydrogen-bond acceptors (Lipinski definition) is 4. The summed E-state index contributed by atoms with van der Waals surface area (Å²) in [5, 5.41) is 2.98. The number of ether oxygens (including phenoxy) is 2. The fourth-order valence-electron chi connectivity index (χ4n) is 3.62. The Morgan fingerprint density at radius 1 is 0.966 bits per heavy atom. The van der Waals surface area contributed by atoms with Crippen molar-refractivity contribution in [2.45, 2.75) is 25.2 Å². The van der Waals surface area contributed by atoms with E-state index in [1.54, 1.807) is 4.90 Å². The first-order valence-electron chi connectivity index (χ1n) is 9.76. The molecule has 1 heterocycles. The fourth-order valence-corrected chi connectivity index (χ4v) is 3.62. The Bertz CT molecular complexity index is 884. The normalized spacial score (nSPS) is 22.2. The summed E-state index contributed by atoms with van der Waals surface area (Å²) in [5.41, 5.74) is 1.39. The minimum atomic E-state index is -0.480. The van der Waals surface area contributed by atoms with Crippen LogP contribution in [0.25, 0.3) is 0 Å². The first kappa shape index (κ1) is 19.1. The number of rotatable bonds is 5.